The van der Waals surface area contributed by atoms with Crippen LogP contribution in [0.3, 0.4) is 0 Å². The molecule has 0 aliphatic heterocycles. The van der Waals surface area contributed by atoms with Crippen LogP contribution in [0.2, 0.25) is 0 Å². The van der Waals surface area contributed by atoms with E-state index in [0.29, 0.717) is 15.7 Å². The Labute approximate surface area is 109 Å². The standard InChI is InChI=1S/C13H15BrFNO/c1-4-5-8(2)13(17)16-12-7-11(15)10(14)6-9(12)3/h5-7H,4H2,1-3H3,(H,16,17)/b8-5-. The molecular formula is C13H15BrFNO. The molecule has 0 aliphatic carbocycles. The normalized spacial score (nSPS) is 11.5. The second-order valence-corrected chi connectivity index (χ2v) is 4.69. The van der Waals surface area contributed by atoms with Crippen molar-refractivity contribution in [2.24, 2.45) is 0 Å². The predicted octanol–water partition coefficient (Wildman–Crippen LogP) is 4.19. The van der Waals surface area contributed by atoms with Gasteiger partial charge in [0.15, 0.2) is 0 Å². The van der Waals surface area contributed by atoms with E-state index in [1.807, 2.05) is 19.9 Å². The highest BCUT2D eigenvalue weighted by Gasteiger charge is 2.09. The maximum atomic E-state index is 13.3. The number of halogens is 2. The van der Waals surface area contributed by atoms with Gasteiger partial charge in [0.25, 0.3) is 5.91 Å². The van der Waals surface area contributed by atoms with E-state index in [9.17, 15) is 9.18 Å². The highest BCUT2D eigenvalue weighted by Crippen LogP contribution is 2.24. The highest BCUT2D eigenvalue weighted by molar-refractivity contribution is 9.10. The lowest BCUT2D eigenvalue weighted by molar-refractivity contribution is -0.112. The first-order valence-electron chi connectivity index (χ1n) is 5.39. The summed E-state index contributed by atoms with van der Waals surface area (Å²) in [6.45, 7) is 5.52. The number of carbonyl (C=O) groups excluding carboxylic acids is 1. The Balaban J connectivity index is 2.93. The van der Waals surface area contributed by atoms with Crippen LogP contribution in [-0.4, -0.2) is 5.91 Å². The lowest BCUT2D eigenvalue weighted by Gasteiger charge is -2.09. The molecule has 92 valence electrons. The molecule has 0 aromatic heterocycles. The minimum Gasteiger partial charge on any atom is -0.322 e. The van der Waals surface area contributed by atoms with Crippen LogP contribution in [-0.2, 0) is 4.79 Å². The molecule has 0 unspecified atom stereocenters. The summed E-state index contributed by atoms with van der Waals surface area (Å²) >= 11 is 3.10. The molecule has 1 rings (SSSR count). The van der Waals surface area contributed by atoms with Crippen molar-refractivity contribution in [1.82, 2.24) is 0 Å². The number of rotatable bonds is 3. The molecule has 1 N–H and O–H groups in total. The molecule has 0 saturated heterocycles. The Kier molecular flexibility index (Phi) is 4.87. The van der Waals surface area contributed by atoms with Crippen molar-refractivity contribution in [3.8, 4) is 0 Å². The van der Waals surface area contributed by atoms with Crippen molar-refractivity contribution in [2.75, 3.05) is 5.32 Å². The van der Waals surface area contributed by atoms with Gasteiger partial charge in [-0.15, -0.1) is 0 Å². The van der Waals surface area contributed by atoms with Gasteiger partial charge in [0.1, 0.15) is 5.82 Å². The molecule has 0 fully saturated rings. The van der Waals surface area contributed by atoms with Gasteiger partial charge in [-0.05, 0) is 53.9 Å². The third-order valence-corrected chi connectivity index (χ3v) is 2.99. The van der Waals surface area contributed by atoms with Crippen LogP contribution in [0.25, 0.3) is 0 Å². The molecule has 17 heavy (non-hydrogen) atoms. The molecule has 0 heterocycles. The SMILES string of the molecule is CC/C=C(/C)C(=O)Nc1cc(F)c(Br)cc1C. The average molecular weight is 300 g/mol. The predicted molar refractivity (Wildman–Crippen MR) is 71.5 cm³/mol. The summed E-state index contributed by atoms with van der Waals surface area (Å²) in [5.74, 6) is -0.584. The van der Waals surface area contributed by atoms with E-state index in [-0.39, 0.29) is 11.7 Å². The Bertz CT molecular complexity index is 469. The van der Waals surface area contributed by atoms with Gasteiger partial charge in [-0.1, -0.05) is 13.0 Å². The van der Waals surface area contributed by atoms with Crippen LogP contribution in [0.15, 0.2) is 28.3 Å². The Morgan fingerprint density at radius 2 is 2.18 bits per heavy atom. The molecule has 0 spiro atoms. The summed E-state index contributed by atoms with van der Waals surface area (Å²) in [6.07, 6.45) is 2.63. The molecular weight excluding hydrogens is 285 g/mol. The summed E-state index contributed by atoms with van der Waals surface area (Å²) in [5, 5.41) is 2.69. The van der Waals surface area contributed by atoms with Gasteiger partial charge < -0.3 is 5.32 Å². The smallest absolute Gasteiger partial charge is 0.250 e. The fourth-order valence-electron chi connectivity index (χ4n) is 1.40. The van der Waals surface area contributed by atoms with Gasteiger partial charge in [-0.2, -0.15) is 0 Å². The quantitative estimate of drug-likeness (QED) is 0.833. The maximum absolute atomic E-state index is 13.3. The fourth-order valence-corrected chi connectivity index (χ4v) is 1.86. The number of aryl methyl sites for hydroxylation is 1. The number of hydrogen-bond acceptors (Lipinski definition) is 1. The van der Waals surface area contributed by atoms with Crippen molar-refractivity contribution in [3.05, 3.63) is 39.6 Å². The summed E-state index contributed by atoms with van der Waals surface area (Å²) in [7, 11) is 0. The van der Waals surface area contributed by atoms with E-state index >= 15 is 0 Å². The Morgan fingerprint density at radius 3 is 2.76 bits per heavy atom. The first kappa shape index (κ1) is 13.9. The molecule has 0 saturated carbocycles. The number of nitrogens with one attached hydrogen (secondary N) is 1. The van der Waals surface area contributed by atoms with Gasteiger partial charge >= 0.3 is 0 Å². The van der Waals surface area contributed by atoms with Gasteiger partial charge in [-0.25, -0.2) is 4.39 Å². The van der Waals surface area contributed by atoms with Crippen LogP contribution in [0.4, 0.5) is 10.1 Å². The van der Waals surface area contributed by atoms with Crippen LogP contribution >= 0.6 is 15.9 Å². The minimum atomic E-state index is -0.386. The zero-order valence-electron chi connectivity index (χ0n) is 10.1. The molecule has 1 amide bonds. The maximum Gasteiger partial charge on any atom is 0.250 e. The van der Waals surface area contributed by atoms with Crippen LogP contribution < -0.4 is 5.32 Å². The second-order valence-electron chi connectivity index (χ2n) is 3.83. The molecule has 0 aliphatic rings. The Hall–Kier alpha value is -1.16. The minimum absolute atomic E-state index is 0.198. The molecule has 0 bridgehead atoms. The van der Waals surface area contributed by atoms with E-state index in [0.717, 1.165) is 12.0 Å². The van der Waals surface area contributed by atoms with E-state index in [4.69, 9.17) is 0 Å². The van der Waals surface area contributed by atoms with Gasteiger partial charge in [0, 0.05) is 11.3 Å². The summed E-state index contributed by atoms with van der Waals surface area (Å²) < 4.78 is 13.7. The van der Waals surface area contributed by atoms with Crippen molar-refractivity contribution in [1.29, 1.82) is 0 Å². The zero-order chi connectivity index (χ0) is 13.0. The summed E-state index contributed by atoms with van der Waals surface area (Å²) in [4.78, 5) is 11.7. The second kappa shape index (κ2) is 5.96. The van der Waals surface area contributed by atoms with Crippen molar-refractivity contribution < 1.29 is 9.18 Å². The zero-order valence-corrected chi connectivity index (χ0v) is 11.7. The van der Waals surface area contributed by atoms with Crippen molar-refractivity contribution >= 4 is 27.5 Å². The van der Waals surface area contributed by atoms with Crippen LogP contribution in [0.1, 0.15) is 25.8 Å². The number of amides is 1. The molecule has 0 radical (unpaired) electrons. The monoisotopic (exact) mass is 299 g/mol. The molecule has 0 atom stereocenters. The van der Waals surface area contributed by atoms with E-state index in [2.05, 4.69) is 21.2 Å². The molecule has 2 nitrogen and oxygen atoms in total. The summed E-state index contributed by atoms with van der Waals surface area (Å²) in [5.41, 5.74) is 1.95. The van der Waals surface area contributed by atoms with Gasteiger partial charge in [0.2, 0.25) is 0 Å². The highest BCUT2D eigenvalue weighted by atomic mass is 79.9. The van der Waals surface area contributed by atoms with Crippen molar-refractivity contribution in [2.45, 2.75) is 27.2 Å². The Morgan fingerprint density at radius 1 is 1.53 bits per heavy atom. The van der Waals surface area contributed by atoms with Crippen LogP contribution in [0.5, 0.6) is 0 Å². The first-order valence-corrected chi connectivity index (χ1v) is 6.18. The fraction of sp³-hybridized carbons (Fsp3) is 0.308. The van der Waals surface area contributed by atoms with E-state index < -0.39 is 0 Å². The largest absolute Gasteiger partial charge is 0.322 e. The third-order valence-electron chi connectivity index (χ3n) is 2.38. The lowest BCUT2D eigenvalue weighted by Crippen LogP contribution is -2.13. The molecule has 1 aromatic rings. The first-order chi connectivity index (χ1) is 7.95. The average Bonchev–Trinajstić information content (AvgIpc) is 2.26. The lowest BCUT2D eigenvalue weighted by atomic mass is 10.1. The molecule has 1 aromatic carbocycles. The number of allylic oxidation sites excluding steroid dienone is 1. The van der Waals surface area contributed by atoms with Gasteiger partial charge in [0.05, 0.1) is 4.47 Å². The van der Waals surface area contributed by atoms with E-state index in [1.54, 1.807) is 13.0 Å². The number of hydrogen-bond donors (Lipinski definition) is 1. The number of carbonyl (C=O) groups is 1. The number of benzene rings is 1. The topological polar surface area (TPSA) is 29.1 Å². The summed E-state index contributed by atoms with van der Waals surface area (Å²) in [6, 6.07) is 2.96. The van der Waals surface area contributed by atoms with Gasteiger partial charge in [-0.3, -0.25) is 4.79 Å². The molecule has 4 heteroatoms. The number of anilines is 1. The van der Waals surface area contributed by atoms with Crippen molar-refractivity contribution in [3.63, 3.8) is 0 Å². The van der Waals surface area contributed by atoms with Crippen LogP contribution in [0, 0.1) is 12.7 Å². The third kappa shape index (κ3) is 3.66. The van der Waals surface area contributed by atoms with E-state index in [1.165, 1.54) is 6.07 Å².